The molecule has 6 heteroatoms. The van der Waals surface area contributed by atoms with Crippen molar-refractivity contribution in [1.82, 2.24) is 5.32 Å². The first-order chi connectivity index (χ1) is 10.0. The van der Waals surface area contributed by atoms with Crippen LogP contribution in [0.4, 0.5) is 5.69 Å². The van der Waals surface area contributed by atoms with E-state index >= 15 is 0 Å². The van der Waals surface area contributed by atoms with Gasteiger partial charge in [-0.1, -0.05) is 30.5 Å². The fourth-order valence-electron chi connectivity index (χ4n) is 2.59. The summed E-state index contributed by atoms with van der Waals surface area (Å²) >= 11 is 5.92. The number of hydrogen-bond acceptors (Lipinski definition) is 3. The number of hydrogen-bond donors (Lipinski definition) is 2. The lowest BCUT2D eigenvalue weighted by atomic mass is 10.2. The van der Waals surface area contributed by atoms with Crippen molar-refractivity contribution in [1.29, 1.82) is 0 Å². The summed E-state index contributed by atoms with van der Waals surface area (Å²) in [4.78, 5) is 24.6. The van der Waals surface area contributed by atoms with E-state index in [1.165, 1.54) is 4.90 Å². The molecule has 0 radical (unpaired) electrons. The van der Waals surface area contributed by atoms with E-state index in [1.54, 1.807) is 24.3 Å². The molecule has 2 rings (SSSR count). The van der Waals surface area contributed by atoms with E-state index in [0.29, 0.717) is 10.7 Å². The van der Waals surface area contributed by atoms with Crippen LogP contribution in [0.3, 0.4) is 0 Å². The third kappa shape index (κ3) is 4.93. The van der Waals surface area contributed by atoms with Crippen LogP contribution in [-0.4, -0.2) is 36.1 Å². The predicted octanol–water partition coefficient (Wildman–Crippen LogP) is 2.29. The highest BCUT2D eigenvalue weighted by atomic mass is 35.5. The molecule has 0 atom stereocenters. The zero-order valence-electron chi connectivity index (χ0n) is 11.7. The topological polar surface area (TPSA) is 69.6 Å². The number of carbonyl (C=O) groups excluding carboxylic acids is 1. The van der Waals surface area contributed by atoms with Crippen LogP contribution in [0.1, 0.15) is 25.7 Å². The fraction of sp³-hybridized carbons (Fsp3) is 0.467. The van der Waals surface area contributed by atoms with Crippen LogP contribution in [0.5, 0.6) is 0 Å². The Morgan fingerprint density at radius 3 is 2.62 bits per heavy atom. The van der Waals surface area contributed by atoms with Crippen LogP contribution in [0.15, 0.2) is 24.3 Å². The molecule has 1 aliphatic rings. The zero-order valence-corrected chi connectivity index (χ0v) is 12.5. The number of carboxylic acid groups (broad SMARTS) is 1. The Kier molecular flexibility index (Phi) is 5.44. The number of rotatable bonds is 6. The standard InChI is InChI=1S/C15H19ClN2O3/c16-11-4-3-7-13(8-11)18(10-15(20)21)9-14(19)17-12-5-1-2-6-12/h3-4,7-8,12H,1-2,5-6,9-10H2,(H,17,19)(H,20,21). The number of nitrogens with zero attached hydrogens (tertiary/aromatic N) is 1. The molecule has 5 nitrogen and oxygen atoms in total. The molecule has 1 amide bonds. The molecule has 0 spiro atoms. The van der Waals surface area contributed by atoms with E-state index in [2.05, 4.69) is 5.32 Å². The third-order valence-corrected chi connectivity index (χ3v) is 3.79. The molecule has 1 aliphatic carbocycles. The van der Waals surface area contributed by atoms with Crippen LogP contribution in [0.2, 0.25) is 5.02 Å². The Labute approximate surface area is 128 Å². The number of halogens is 1. The van der Waals surface area contributed by atoms with E-state index in [1.807, 2.05) is 0 Å². The lowest BCUT2D eigenvalue weighted by molar-refractivity contribution is -0.135. The number of carbonyl (C=O) groups is 2. The van der Waals surface area contributed by atoms with Gasteiger partial charge in [0.15, 0.2) is 0 Å². The highest BCUT2D eigenvalue weighted by Crippen LogP contribution is 2.20. The highest BCUT2D eigenvalue weighted by molar-refractivity contribution is 6.30. The maximum absolute atomic E-state index is 12.1. The van der Waals surface area contributed by atoms with Gasteiger partial charge >= 0.3 is 5.97 Å². The molecular formula is C15H19ClN2O3. The van der Waals surface area contributed by atoms with Crippen molar-refractivity contribution in [2.45, 2.75) is 31.7 Å². The normalized spacial score (nSPS) is 14.9. The summed E-state index contributed by atoms with van der Waals surface area (Å²) in [6.45, 7) is -0.221. The van der Waals surface area contributed by atoms with Crippen LogP contribution in [-0.2, 0) is 9.59 Å². The van der Waals surface area contributed by atoms with Gasteiger partial charge in [-0.25, -0.2) is 0 Å². The predicted molar refractivity (Wildman–Crippen MR) is 81.7 cm³/mol. The highest BCUT2D eigenvalue weighted by Gasteiger charge is 2.20. The largest absolute Gasteiger partial charge is 0.480 e. The minimum atomic E-state index is -0.983. The lowest BCUT2D eigenvalue weighted by Gasteiger charge is -2.23. The zero-order chi connectivity index (χ0) is 15.2. The maximum atomic E-state index is 12.1. The van der Waals surface area contributed by atoms with Crippen molar-refractivity contribution in [3.8, 4) is 0 Å². The van der Waals surface area contributed by atoms with E-state index < -0.39 is 5.97 Å². The summed E-state index contributed by atoms with van der Waals surface area (Å²) < 4.78 is 0. The molecule has 0 aliphatic heterocycles. The minimum absolute atomic E-state index is 0.0170. The van der Waals surface area contributed by atoms with Gasteiger partial charge in [0.25, 0.3) is 0 Å². The van der Waals surface area contributed by atoms with Crippen molar-refractivity contribution < 1.29 is 14.7 Å². The maximum Gasteiger partial charge on any atom is 0.323 e. The molecule has 0 aromatic heterocycles. The van der Waals surface area contributed by atoms with Crippen LogP contribution in [0.25, 0.3) is 0 Å². The van der Waals surface area contributed by atoms with Crippen LogP contribution < -0.4 is 10.2 Å². The van der Waals surface area contributed by atoms with Gasteiger partial charge in [0.2, 0.25) is 5.91 Å². The number of nitrogens with one attached hydrogen (secondary N) is 1. The molecule has 1 saturated carbocycles. The van der Waals surface area contributed by atoms with E-state index in [4.69, 9.17) is 16.7 Å². The van der Waals surface area contributed by atoms with Gasteiger partial charge in [0, 0.05) is 16.8 Å². The Balaban J connectivity index is 2.01. The van der Waals surface area contributed by atoms with Gasteiger partial charge in [-0.05, 0) is 31.0 Å². The second-order valence-corrected chi connectivity index (χ2v) is 5.72. The molecule has 114 valence electrons. The summed E-state index contributed by atoms with van der Waals surface area (Å²) in [6, 6.07) is 7.08. The van der Waals surface area contributed by atoms with Crippen molar-refractivity contribution in [3.05, 3.63) is 29.3 Å². The third-order valence-electron chi connectivity index (χ3n) is 3.55. The molecule has 1 fully saturated rings. The number of carboxylic acids is 1. The summed E-state index contributed by atoms with van der Waals surface area (Å²) in [5.41, 5.74) is 0.631. The van der Waals surface area contributed by atoms with Crippen molar-refractivity contribution in [3.63, 3.8) is 0 Å². The number of anilines is 1. The molecule has 0 bridgehead atoms. The van der Waals surface area contributed by atoms with Crippen molar-refractivity contribution in [2.75, 3.05) is 18.0 Å². The molecule has 21 heavy (non-hydrogen) atoms. The summed E-state index contributed by atoms with van der Waals surface area (Å²) in [6.07, 6.45) is 4.28. The first kappa shape index (κ1) is 15.6. The Morgan fingerprint density at radius 1 is 1.29 bits per heavy atom. The summed E-state index contributed by atoms with van der Waals surface area (Å²) in [5.74, 6) is -1.13. The molecule has 0 heterocycles. The van der Waals surface area contributed by atoms with Crippen molar-refractivity contribution in [2.24, 2.45) is 0 Å². The minimum Gasteiger partial charge on any atom is -0.480 e. The van der Waals surface area contributed by atoms with Gasteiger partial charge in [-0.2, -0.15) is 0 Å². The van der Waals surface area contributed by atoms with E-state index in [9.17, 15) is 9.59 Å². The SMILES string of the molecule is O=C(O)CN(CC(=O)NC1CCCC1)c1cccc(Cl)c1. The van der Waals surface area contributed by atoms with Gasteiger partial charge in [0.05, 0.1) is 6.54 Å². The Hall–Kier alpha value is -1.75. The molecule has 1 aromatic carbocycles. The monoisotopic (exact) mass is 310 g/mol. The second-order valence-electron chi connectivity index (χ2n) is 5.28. The number of amides is 1. The average molecular weight is 311 g/mol. The summed E-state index contributed by atoms with van der Waals surface area (Å²) in [7, 11) is 0. The Morgan fingerprint density at radius 2 is 2.00 bits per heavy atom. The quantitative estimate of drug-likeness (QED) is 0.846. The van der Waals surface area contributed by atoms with E-state index in [0.717, 1.165) is 25.7 Å². The lowest BCUT2D eigenvalue weighted by Crippen LogP contribution is -2.43. The van der Waals surface area contributed by atoms with Gasteiger partial charge in [0.1, 0.15) is 6.54 Å². The molecular weight excluding hydrogens is 292 g/mol. The number of aliphatic carboxylic acids is 1. The number of benzene rings is 1. The molecule has 0 saturated heterocycles. The molecule has 0 unspecified atom stereocenters. The van der Waals surface area contributed by atoms with E-state index in [-0.39, 0.29) is 25.0 Å². The van der Waals surface area contributed by atoms with Crippen molar-refractivity contribution >= 4 is 29.2 Å². The average Bonchev–Trinajstić information content (AvgIpc) is 2.90. The first-order valence-electron chi connectivity index (χ1n) is 7.06. The second kappa shape index (κ2) is 7.31. The van der Waals surface area contributed by atoms with Gasteiger partial charge < -0.3 is 15.3 Å². The fourth-order valence-corrected chi connectivity index (χ4v) is 2.78. The van der Waals surface area contributed by atoms with Gasteiger partial charge in [-0.3, -0.25) is 9.59 Å². The first-order valence-corrected chi connectivity index (χ1v) is 7.44. The Bertz CT molecular complexity index is 515. The van der Waals surface area contributed by atoms with Gasteiger partial charge in [-0.15, -0.1) is 0 Å². The molecule has 2 N–H and O–H groups in total. The smallest absolute Gasteiger partial charge is 0.323 e. The molecule has 1 aromatic rings. The van der Waals surface area contributed by atoms with Crippen LogP contribution >= 0.6 is 11.6 Å². The summed E-state index contributed by atoms with van der Waals surface area (Å²) in [5, 5.41) is 12.5. The van der Waals surface area contributed by atoms with Crippen LogP contribution in [0, 0.1) is 0 Å².